The van der Waals surface area contributed by atoms with E-state index in [1.165, 1.54) is 24.8 Å². The summed E-state index contributed by atoms with van der Waals surface area (Å²) in [5, 5.41) is 0. The zero-order chi connectivity index (χ0) is 9.54. The molecule has 1 aliphatic rings. The predicted molar refractivity (Wildman–Crippen MR) is 60.3 cm³/mol. The van der Waals surface area contributed by atoms with Gasteiger partial charge in [-0.05, 0) is 37.5 Å². The van der Waals surface area contributed by atoms with Gasteiger partial charge in [-0.3, -0.25) is 0 Å². The first-order valence-electron chi connectivity index (χ1n) is 4.97. The molecule has 0 saturated heterocycles. The second-order valence-corrected chi connectivity index (χ2v) is 4.79. The Morgan fingerprint density at radius 3 is 2.93 bits per heavy atom. The SMILES string of the molecule is Brc1ccc2c(c1)ncn2C1CCC1. The molecule has 1 saturated carbocycles. The molecule has 3 rings (SSSR count). The number of hydrogen-bond acceptors (Lipinski definition) is 1. The molecular formula is C11H11BrN2. The molecule has 0 N–H and O–H groups in total. The molecule has 0 unspecified atom stereocenters. The summed E-state index contributed by atoms with van der Waals surface area (Å²) in [5.74, 6) is 0. The van der Waals surface area contributed by atoms with Crippen molar-refractivity contribution in [3.05, 3.63) is 29.0 Å². The number of aromatic nitrogens is 2. The van der Waals surface area contributed by atoms with Crippen LogP contribution in [0.2, 0.25) is 0 Å². The lowest BCUT2D eigenvalue weighted by atomic mass is 9.93. The second-order valence-electron chi connectivity index (χ2n) is 3.87. The molecule has 0 radical (unpaired) electrons. The smallest absolute Gasteiger partial charge is 0.0960 e. The fourth-order valence-corrected chi connectivity index (χ4v) is 2.31. The predicted octanol–water partition coefficient (Wildman–Crippen LogP) is 3.52. The van der Waals surface area contributed by atoms with Crippen molar-refractivity contribution in [1.29, 1.82) is 0 Å². The number of rotatable bonds is 1. The molecule has 0 atom stereocenters. The Balaban J connectivity index is 2.16. The first-order chi connectivity index (χ1) is 6.84. The molecule has 0 spiro atoms. The van der Waals surface area contributed by atoms with Crippen LogP contribution in [0.1, 0.15) is 25.3 Å². The topological polar surface area (TPSA) is 17.8 Å². The Hall–Kier alpha value is -0.830. The van der Waals surface area contributed by atoms with Gasteiger partial charge in [0, 0.05) is 10.5 Å². The van der Waals surface area contributed by atoms with Gasteiger partial charge < -0.3 is 4.57 Å². The molecule has 0 amide bonds. The van der Waals surface area contributed by atoms with E-state index in [-0.39, 0.29) is 0 Å². The van der Waals surface area contributed by atoms with Crippen LogP contribution in [0.15, 0.2) is 29.0 Å². The van der Waals surface area contributed by atoms with Gasteiger partial charge >= 0.3 is 0 Å². The van der Waals surface area contributed by atoms with Crippen LogP contribution < -0.4 is 0 Å². The van der Waals surface area contributed by atoms with Gasteiger partial charge in [0.05, 0.1) is 17.4 Å². The zero-order valence-electron chi connectivity index (χ0n) is 7.78. The van der Waals surface area contributed by atoms with Crippen LogP contribution in [0.4, 0.5) is 0 Å². The molecule has 2 aromatic rings. The summed E-state index contributed by atoms with van der Waals surface area (Å²) in [6.07, 6.45) is 5.95. The van der Waals surface area contributed by atoms with Crippen molar-refractivity contribution in [2.75, 3.05) is 0 Å². The molecule has 72 valence electrons. The Kier molecular flexibility index (Phi) is 1.87. The van der Waals surface area contributed by atoms with Gasteiger partial charge in [0.25, 0.3) is 0 Å². The van der Waals surface area contributed by atoms with Crippen molar-refractivity contribution < 1.29 is 0 Å². The highest BCUT2D eigenvalue weighted by Crippen LogP contribution is 2.34. The van der Waals surface area contributed by atoms with Crippen molar-refractivity contribution in [2.24, 2.45) is 0 Å². The van der Waals surface area contributed by atoms with Gasteiger partial charge in [0.15, 0.2) is 0 Å². The normalized spacial score (nSPS) is 17.2. The highest BCUT2D eigenvalue weighted by molar-refractivity contribution is 9.10. The molecule has 1 heterocycles. The number of benzene rings is 1. The van der Waals surface area contributed by atoms with Gasteiger partial charge in [-0.1, -0.05) is 15.9 Å². The molecule has 1 aromatic heterocycles. The molecule has 14 heavy (non-hydrogen) atoms. The lowest BCUT2D eigenvalue weighted by molar-refractivity contribution is 0.320. The molecule has 0 aliphatic heterocycles. The highest BCUT2D eigenvalue weighted by Gasteiger charge is 2.20. The van der Waals surface area contributed by atoms with E-state index in [9.17, 15) is 0 Å². The van der Waals surface area contributed by atoms with Crippen molar-refractivity contribution in [2.45, 2.75) is 25.3 Å². The number of hydrogen-bond donors (Lipinski definition) is 0. The quantitative estimate of drug-likeness (QED) is 0.758. The van der Waals surface area contributed by atoms with Crippen molar-refractivity contribution in [3.63, 3.8) is 0 Å². The van der Waals surface area contributed by atoms with Gasteiger partial charge in [-0.2, -0.15) is 0 Å². The van der Waals surface area contributed by atoms with E-state index in [0.717, 1.165) is 9.99 Å². The second kappa shape index (κ2) is 3.09. The lowest BCUT2D eigenvalue weighted by Crippen LogP contribution is -2.15. The Labute approximate surface area is 91.1 Å². The minimum atomic E-state index is 0.696. The molecule has 2 nitrogen and oxygen atoms in total. The molecule has 0 bridgehead atoms. The van der Waals surface area contributed by atoms with Gasteiger partial charge in [0.2, 0.25) is 0 Å². The van der Waals surface area contributed by atoms with E-state index in [4.69, 9.17) is 0 Å². The molecule has 1 aliphatic carbocycles. The van der Waals surface area contributed by atoms with Crippen molar-refractivity contribution in [3.8, 4) is 0 Å². The van der Waals surface area contributed by atoms with Crippen molar-refractivity contribution >= 4 is 27.0 Å². The minimum Gasteiger partial charge on any atom is -0.327 e. The number of fused-ring (bicyclic) bond motifs is 1. The van der Waals surface area contributed by atoms with E-state index in [1.54, 1.807) is 0 Å². The van der Waals surface area contributed by atoms with E-state index >= 15 is 0 Å². The molecule has 1 fully saturated rings. The third kappa shape index (κ3) is 1.19. The highest BCUT2D eigenvalue weighted by atomic mass is 79.9. The zero-order valence-corrected chi connectivity index (χ0v) is 9.37. The Morgan fingerprint density at radius 2 is 2.21 bits per heavy atom. The van der Waals surface area contributed by atoms with Crippen molar-refractivity contribution in [1.82, 2.24) is 9.55 Å². The number of imidazole rings is 1. The standard InChI is InChI=1S/C11H11BrN2/c12-8-4-5-11-10(6-8)13-7-14(11)9-2-1-3-9/h4-7,9H,1-3H2. The third-order valence-corrected chi connectivity index (χ3v) is 3.50. The van der Waals surface area contributed by atoms with Crippen LogP contribution in [-0.2, 0) is 0 Å². The van der Waals surface area contributed by atoms with E-state index in [1.807, 2.05) is 6.33 Å². The van der Waals surface area contributed by atoms with Crippen LogP contribution in [0.5, 0.6) is 0 Å². The van der Waals surface area contributed by atoms with E-state index in [0.29, 0.717) is 6.04 Å². The van der Waals surface area contributed by atoms with Crippen LogP contribution >= 0.6 is 15.9 Å². The third-order valence-electron chi connectivity index (χ3n) is 3.00. The van der Waals surface area contributed by atoms with Gasteiger partial charge in [-0.15, -0.1) is 0 Å². The summed E-state index contributed by atoms with van der Waals surface area (Å²) >= 11 is 3.46. The maximum Gasteiger partial charge on any atom is 0.0960 e. The first kappa shape index (κ1) is 8.48. The average Bonchev–Trinajstić information content (AvgIpc) is 2.45. The fourth-order valence-electron chi connectivity index (χ4n) is 1.96. The molecule has 3 heteroatoms. The Morgan fingerprint density at radius 1 is 1.36 bits per heavy atom. The fraction of sp³-hybridized carbons (Fsp3) is 0.364. The summed E-state index contributed by atoms with van der Waals surface area (Å²) in [7, 11) is 0. The molecule has 1 aromatic carbocycles. The Bertz CT molecular complexity index is 471. The molecular weight excluding hydrogens is 240 g/mol. The summed E-state index contributed by atoms with van der Waals surface area (Å²) in [6, 6.07) is 7.00. The summed E-state index contributed by atoms with van der Waals surface area (Å²) < 4.78 is 3.41. The number of halogens is 1. The summed E-state index contributed by atoms with van der Waals surface area (Å²) in [6.45, 7) is 0. The maximum atomic E-state index is 4.42. The monoisotopic (exact) mass is 250 g/mol. The van der Waals surface area contributed by atoms with E-state index in [2.05, 4.69) is 43.7 Å². The van der Waals surface area contributed by atoms with E-state index < -0.39 is 0 Å². The maximum absolute atomic E-state index is 4.42. The first-order valence-corrected chi connectivity index (χ1v) is 5.76. The minimum absolute atomic E-state index is 0.696. The van der Waals surface area contributed by atoms with Gasteiger partial charge in [0.1, 0.15) is 0 Å². The lowest BCUT2D eigenvalue weighted by Gasteiger charge is -2.27. The van der Waals surface area contributed by atoms with Crippen LogP contribution in [-0.4, -0.2) is 9.55 Å². The van der Waals surface area contributed by atoms with Crippen LogP contribution in [0.25, 0.3) is 11.0 Å². The van der Waals surface area contributed by atoms with Crippen LogP contribution in [0.3, 0.4) is 0 Å². The average molecular weight is 251 g/mol. The summed E-state index contributed by atoms with van der Waals surface area (Å²) in [5.41, 5.74) is 2.35. The summed E-state index contributed by atoms with van der Waals surface area (Å²) in [4.78, 5) is 4.42. The number of nitrogens with zero attached hydrogens (tertiary/aromatic N) is 2. The van der Waals surface area contributed by atoms with Gasteiger partial charge in [-0.25, -0.2) is 4.98 Å². The largest absolute Gasteiger partial charge is 0.327 e. The van der Waals surface area contributed by atoms with Crippen LogP contribution in [0, 0.1) is 0 Å².